The summed E-state index contributed by atoms with van der Waals surface area (Å²) in [7, 11) is 0. The third-order valence-electron chi connectivity index (χ3n) is 1.45. The molecule has 1 aromatic rings. The van der Waals surface area contributed by atoms with Crippen LogP contribution in [0.2, 0.25) is 0 Å². The quantitative estimate of drug-likeness (QED) is 0.676. The zero-order valence-electron chi connectivity index (χ0n) is 6.68. The van der Waals surface area contributed by atoms with Gasteiger partial charge < -0.3 is 10.2 Å². The van der Waals surface area contributed by atoms with E-state index in [1.165, 1.54) is 6.92 Å². The van der Waals surface area contributed by atoms with Gasteiger partial charge in [-0.25, -0.2) is 19.6 Å². The molecule has 0 amide bonds. The molecule has 0 unspecified atom stereocenters. The molecule has 0 radical (unpaired) electrons. The molecule has 0 fully saturated rings. The summed E-state index contributed by atoms with van der Waals surface area (Å²) in [5.74, 6) is -2.71. The van der Waals surface area contributed by atoms with Crippen molar-refractivity contribution in [2.24, 2.45) is 0 Å². The lowest BCUT2D eigenvalue weighted by atomic mass is 10.1. The van der Waals surface area contributed by atoms with E-state index in [0.29, 0.717) is 0 Å². The molecule has 0 aliphatic carbocycles. The predicted octanol–water partition coefficient (Wildman–Crippen LogP) is 0.181. The molecule has 6 heteroatoms. The number of hydrogen-bond donors (Lipinski definition) is 2. The number of aryl methyl sites for hydroxylation is 1. The van der Waals surface area contributed by atoms with Crippen LogP contribution in [0, 0.1) is 6.92 Å². The Morgan fingerprint density at radius 3 is 2.23 bits per heavy atom. The average Bonchev–Trinajstić information content (AvgIpc) is 2.02. The number of carboxylic acid groups (broad SMARTS) is 2. The zero-order chi connectivity index (χ0) is 10.0. The van der Waals surface area contributed by atoms with Crippen molar-refractivity contribution in [1.29, 1.82) is 0 Å². The largest absolute Gasteiger partial charge is 0.478 e. The molecule has 0 saturated heterocycles. The molecule has 0 aliphatic heterocycles. The summed E-state index contributed by atoms with van der Waals surface area (Å²) in [6, 6.07) is 0. The molecule has 2 N–H and O–H groups in total. The second-order valence-corrected chi connectivity index (χ2v) is 2.29. The van der Waals surface area contributed by atoms with Crippen molar-refractivity contribution in [2.45, 2.75) is 6.92 Å². The molecular formula is C7H6N2O4. The maximum absolute atomic E-state index is 10.6. The topological polar surface area (TPSA) is 100 Å². The van der Waals surface area contributed by atoms with Crippen LogP contribution < -0.4 is 0 Å². The third-order valence-corrected chi connectivity index (χ3v) is 1.45. The number of aromatic nitrogens is 2. The lowest BCUT2D eigenvalue weighted by Crippen LogP contribution is -2.13. The van der Waals surface area contributed by atoms with Gasteiger partial charge in [-0.05, 0) is 6.92 Å². The summed E-state index contributed by atoms with van der Waals surface area (Å²) in [6.07, 6.45) is 1.02. The van der Waals surface area contributed by atoms with Crippen molar-refractivity contribution in [3.8, 4) is 0 Å². The molecule has 0 atom stereocenters. The van der Waals surface area contributed by atoms with Gasteiger partial charge in [-0.3, -0.25) is 0 Å². The summed E-state index contributed by atoms with van der Waals surface area (Å²) < 4.78 is 0. The highest BCUT2D eigenvalue weighted by Crippen LogP contribution is 2.08. The first-order valence-corrected chi connectivity index (χ1v) is 3.32. The number of rotatable bonds is 2. The lowest BCUT2D eigenvalue weighted by molar-refractivity contribution is 0.0644. The second kappa shape index (κ2) is 3.18. The van der Waals surface area contributed by atoms with E-state index in [0.717, 1.165) is 6.33 Å². The van der Waals surface area contributed by atoms with Gasteiger partial charge in [0.25, 0.3) is 0 Å². The number of aromatic carboxylic acids is 2. The molecule has 0 aromatic carbocycles. The molecule has 6 nitrogen and oxygen atoms in total. The van der Waals surface area contributed by atoms with Gasteiger partial charge in [0.15, 0.2) is 5.69 Å². The van der Waals surface area contributed by atoms with Crippen LogP contribution in [0.4, 0.5) is 0 Å². The van der Waals surface area contributed by atoms with Crippen LogP contribution in [0.15, 0.2) is 6.33 Å². The Hall–Kier alpha value is -1.98. The molecule has 1 aromatic heterocycles. The Morgan fingerprint density at radius 2 is 1.85 bits per heavy atom. The second-order valence-electron chi connectivity index (χ2n) is 2.29. The molecule has 0 bridgehead atoms. The van der Waals surface area contributed by atoms with E-state index in [2.05, 4.69) is 9.97 Å². The normalized spacial score (nSPS) is 9.62. The van der Waals surface area contributed by atoms with Crippen LogP contribution in [0.1, 0.15) is 26.5 Å². The standard InChI is InChI=1S/C7H6N2O4/c1-3-4(6(10)11)5(7(12)13)9-2-8-3/h2H,1H3,(H,10,11)(H,12,13). The molecule has 1 heterocycles. The number of carboxylic acids is 2. The van der Waals surface area contributed by atoms with Crippen LogP contribution in [0.5, 0.6) is 0 Å². The first-order valence-electron chi connectivity index (χ1n) is 3.32. The first-order chi connectivity index (χ1) is 6.04. The zero-order valence-corrected chi connectivity index (χ0v) is 6.68. The van der Waals surface area contributed by atoms with Gasteiger partial charge in [0.1, 0.15) is 11.9 Å². The fourth-order valence-corrected chi connectivity index (χ4v) is 0.892. The Labute approximate surface area is 72.9 Å². The van der Waals surface area contributed by atoms with E-state index in [-0.39, 0.29) is 11.3 Å². The van der Waals surface area contributed by atoms with Crippen molar-refractivity contribution < 1.29 is 19.8 Å². The van der Waals surface area contributed by atoms with E-state index in [4.69, 9.17) is 10.2 Å². The van der Waals surface area contributed by atoms with Gasteiger partial charge in [0.2, 0.25) is 0 Å². The van der Waals surface area contributed by atoms with Crippen LogP contribution in [0.3, 0.4) is 0 Å². The van der Waals surface area contributed by atoms with E-state index in [1.807, 2.05) is 0 Å². The molecule has 1 rings (SSSR count). The van der Waals surface area contributed by atoms with Crippen molar-refractivity contribution in [3.63, 3.8) is 0 Å². The van der Waals surface area contributed by atoms with Crippen molar-refractivity contribution in [3.05, 3.63) is 23.3 Å². The van der Waals surface area contributed by atoms with E-state index in [1.54, 1.807) is 0 Å². The number of hydrogen-bond acceptors (Lipinski definition) is 4. The Morgan fingerprint density at radius 1 is 1.23 bits per heavy atom. The fourth-order valence-electron chi connectivity index (χ4n) is 0.892. The minimum atomic E-state index is -1.37. The van der Waals surface area contributed by atoms with Gasteiger partial charge in [-0.15, -0.1) is 0 Å². The van der Waals surface area contributed by atoms with E-state index in [9.17, 15) is 9.59 Å². The van der Waals surface area contributed by atoms with Crippen LogP contribution in [0.25, 0.3) is 0 Å². The fraction of sp³-hybridized carbons (Fsp3) is 0.143. The van der Waals surface area contributed by atoms with Gasteiger partial charge in [-0.1, -0.05) is 0 Å². The molecular weight excluding hydrogens is 176 g/mol. The number of nitrogens with zero attached hydrogens (tertiary/aromatic N) is 2. The van der Waals surface area contributed by atoms with Crippen LogP contribution in [-0.2, 0) is 0 Å². The Bertz CT molecular complexity index is 375. The molecule has 0 saturated carbocycles. The first kappa shape index (κ1) is 9.11. The van der Waals surface area contributed by atoms with Crippen molar-refractivity contribution >= 4 is 11.9 Å². The monoisotopic (exact) mass is 182 g/mol. The van der Waals surface area contributed by atoms with E-state index < -0.39 is 17.6 Å². The van der Waals surface area contributed by atoms with Gasteiger partial charge >= 0.3 is 11.9 Å². The van der Waals surface area contributed by atoms with Crippen LogP contribution >= 0.6 is 0 Å². The highest BCUT2D eigenvalue weighted by Gasteiger charge is 2.20. The minimum Gasteiger partial charge on any atom is -0.478 e. The van der Waals surface area contributed by atoms with Gasteiger partial charge in [0, 0.05) is 0 Å². The smallest absolute Gasteiger partial charge is 0.355 e. The van der Waals surface area contributed by atoms with Crippen molar-refractivity contribution in [1.82, 2.24) is 9.97 Å². The lowest BCUT2D eigenvalue weighted by Gasteiger charge is -2.01. The van der Waals surface area contributed by atoms with E-state index >= 15 is 0 Å². The average molecular weight is 182 g/mol. The Balaban J connectivity index is 3.43. The third kappa shape index (κ3) is 1.61. The Kier molecular flexibility index (Phi) is 2.23. The minimum absolute atomic E-state index is 0.139. The van der Waals surface area contributed by atoms with Gasteiger partial charge in [-0.2, -0.15) is 0 Å². The summed E-state index contributed by atoms with van der Waals surface area (Å²) in [6.45, 7) is 1.41. The predicted molar refractivity (Wildman–Crippen MR) is 40.7 cm³/mol. The summed E-state index contributed by atoms with van der Waals surface area (Å²) in [5, 5.41) is 17.2. The molecule has 0 aliphatic rings. The summed E-state index contributed by atoms with van der Waals surface area (Å²) in [4.78, 5) is 28.1. The molecule has 0 spiro atoms. The number of carbonyl (C=O) groups is 2. The maximum atomic E-state index is 10.6. The molecule has 13 heavy (non-hydrogen) atoms. The van der Waals surface area contributed by atoms with Gasteiger partial charge in [0.05, 0.1) is 5.69 Å². The SMILES string of the molecule is Cc1ncnc(C(=O)O)c1C(=O)O. The summed E-state index contributed by atoms with van der Waals surface area (Å²) >= 11 is 0. The molecule has 68 valence electrons. The maximum Gasteiger partial charge on any atom is 0.355 e. The summed E-state index contributed by atoms with van der Waals surface area (Å²) in [5.41, 5.74) is -0.713. The highest BCUT2D eigenvalue weighted by molar-refractivity contribution is 6.00. The highest BCUT2D eigenvalue weighted by atomic mass is 16.4. The van der Waals surface area contributed by atoms with Crippen molar-refractivity contribution in [2.75, 3.05) is 0 Å². The van der Waals surface area contributed by atoms with Crippen LogP contribution in [-0.4, -0.2) is 32.1 Å².